The third-order valence-electron chi connectivity index (χ3n) is 3.81. The van der Waals surface area contributed by atoms with Crippen molar-refractivity contribution in [1.82, 2.24) is 5.32 Å². The van der Waals surface area contributed by atoms with Crippen molar-refractivity contribution in [3.63, 3.8) is 0 Å². The summed E-state index contributed by atoms with van der Waals surface area (Å²) in [7, 11) is 1.64. The molecule has 0 aliphatic carbocycles. The molecule has 1 unspecified atom stereocenters. The molecule has 1 atom stereocenters. The first kappa shape index (κ1) is 15.1. The minimum Gasteiger partial charge on any atom is -0.398 e. The third kappa shape index (κ3) is 3.06. The predicted octanol–water partition coefficient (Wildman–Crippen LogP) is 1.71. The lowest BCUT2D eigenvalue weighted by Crippen LogP contribution is -2.32. The summed E-state index contributed by atoms with van der Waals surface area (Å²) >= 11 is 5.98. The molecule has 0 radical (unpaired) electrons. The molecule has 1 amide bonds. The van der Waals surface area contributed by atoms with Crippen LogP contribution in [0.3, 0.4) is 0 Å². The molecule has 1 saturated heterocycles. The Balaban J connectivity index is 2.41. The van der Waals surface area contributed by atoms with Crippen LogP contribution >= 0.6 is 11.6 Å². The van der Waals surface area contributed by atoms with Gasteiger partial charge < -0.3 is 21.5 Å². The highest BCUT2D eigenvalue weighted by molar-refractivity contribution is 6.33. The lowest BCUT2D eigenvalue weighted by atomic mass is 9.85. The lowest BCUT2D eigenvalue weighted by Gasteiger charge is -2.31. The molecule has 2 rings (SSSR count). The molecule has 1 fully saturated rings. The molecule has 1 aromatic rings. The Kier molecular flexibility index (Phi) is 4.86. The van der Waals surface area contributed by atoms with E-state index < -0.39 is 5.91 Å². The van der Waals surface area contributed by atoms with E-state index >= 15 is 0 Å². The van der Waals surface area contributed by atoms with Gasteiger partial charge in [0.1, 0.15) is 0 Å². The van der Waals surface area contributed by atoms with E-state index in [-0.39, 0.29) is 6.10 Å². The van der Waals surface area contributed by atoms with Gasteiger partial charge in [0.25, 0.3) is 0 Å². The Morgan fingerprint density at radius 3 is 2.65 bits per heavy atom. The summed E-state index contributed by atoms with van der Waals surface area (Å²) < 4.78 is 5.63. The van der Waals surface area contributed by atoms with Crippen molar-refractivity contribution in [1.29, 1.82) is 0 Å². The van der Waals surface area contributed by atoms with Crippen molar-refractivity contribution < 1.29 is 9.53 Å². The Morgan fingerprint density at radius 2 is 2.10 bits per heavy atom. The first-order valence-electron chi connectivity index (χ1n) is 6.66. The summed E-state index contributed by atoms with van der Waals surface area (Å²) in [5.74, 6) is -0.183. The maximum atomic E-state index is 11.6. The van der Waals surface area contributed by atoms with E-state index in [1.54, 1.807) is 13.2 Å². The van der Waals surface area contributed by atoms with E-state index in [1.165, 1.54) is 6.07 Å². The fraction of sp³-hybridized carbons (Fsp3) is 0.500. The number of nitrogens with one attached hydrogen (secondary N) is 1. The van der Waals surface area contributed by atoms with Gasteiger partial charge in [-0.2, -0.15) is 0 Å². The number of nitrogens with two attached hydrogens (primary N) is 2. The van der Waals surface area contributed by atoms with Crippen LogP contribution in [0.2, 0.25) is 5.02 Å². The maximum Gasteiger partial charge on any atom is 0.249 e. The SMILES string of the molecule is COC(c1cc(N)c(Cl)cc1C(N)=O)C1CCNCC1. The predicted molar refractivity (Wildman–Crippen MR) is 79.7 cm³/mol. The maximum absolute atomic E-state index is 11.6. The molecular weight excluding hydrogens is 278 g/mol. The zero-order valence-electron chi connectivity index (χ0n) is 11.5. The standard InChI is InChI=1S/C14H20ClN3O2/c1-20-13(8-2-4-18-5-3-8)9-7-12(16)11(15)6-10(9)14(17)19/h6-8,13,18H,2-5,16H2,1H3,(H2,17,19). The number of primary amides is 1. The summed E-state index contributed by atoms with van der Waals surface area (Å²) in [6.45, 7) is 1.89. The largest absolute Gasteiger partial charge is 0.398 e. The highest BCUT2D eigenvalue weighted by Gasteiger charge is 2.28. The Bertz CT molecular complexity index is 501. The summed E-state index contributed by atoms with van der Waals surface area (Å²) in [5.41, 5.74) is 12.9. The molecule has 20 heavy (non-hydrogen) atoms. The fourth-order valence-corrected chi connectivity index (χ4v) is 2.94. The summed E-state index contributed by atoms with van der Waals surface area (Å²) in [5, 5.41) is 3.65. The van der Waals surface area contributed by atoms with Crippen molar-refractivity contribution in [2.45, 2.75) is 18.9 Å². The van der Waals surface area contributed by atoms with Crippen LogP contribution in [-0.2, 0) is 4.74 Å². The molecule has 0 spiro atoms. The average molecular weight is 298 g/mol. The van der Waals surface area contributed by atoms with Crippen LogP contribution < -0.4 is 16.8 Å². The molecule has 6 heteroatoms. The Labute approximate surface area is 123 Å². The molecule has 110 valence electrons. The van der Waals surface area contributed by atoms with Crippen molar-refractivity contribution in [3.05, 3.63) is 28.3 Å². The number of carbonyl (C=O) groups is 1. The van der Waals surface area contributed by atoms with Crippen LogP contribution in [0.5, 0.6) is 0 Å². The van der Waals surface area contributed by atoms with Gasteiger partial charge in [0.2, 0.25) is 5.91 Å². The van der Waals surface area contributed by atoms with Gasteiger partial charge in [0.15, 0.2) is 0 Å². The molecule has 1 aliphatic heterocycles. The van der Waals surface area contributed by atoms with E-state index in [1.807, 2.05) is 0 Å². The van der Waals surface area contributed by atoms with E-state index in [4.69, 9.17) is 27.8 Å². The molecule has 0 bridgehead atoms. The van der Waals surface area contributed by atoms with E-state index in [0.29, 0.717) is 22.2 Å². The zero-order chi connectivity index (χ0) is 14.7. The molecule has 1 aromatic carbocycles. The number of rotatable bonds is 4. The second-order valence-electron chi connectivity index (χ2n) is 5.07. The number of halogens is 1. The molecule has 0 aromatic heterocycles. The van der Waals surface area contributed by atoms with Gasteiger partial charge in [0.05, 0.1) is 16.8 Å². The number of benzene rings is 1. The molecular formula is C14H20ClN3O2. The van der Waals surface area contributed by atoms with Gasteiger partial charge in [-0.1, -0.05) is 11.6 Å². The quantitative estimate of drug-likeness (QED) is 0.738. The van der Waals surface area contributed by atoms with E-state index in [9.17, 15) is 4.79 Å². The second kappa shape index (κ2) is 6.43. The van der Waals surface area contributed by atoms with Crippen LogP contribution in [0.4, 0.5) is 5.69 Å². The number of piperidine rings is 1. The zero-order valence-corrected chi connectivity index (χ0v) is 12.2. The van der Waals surface area contributed by atoms with Gasteiger partial charge in [-0.15, -0.1) is 0 Å². The van der Waals surface area contributed by atoms with Crippen LogP contribution in [-0.4, -0.2) is 26.1 Å². The molecule has 1 aliphatic rings. The summed E-state index contributed by atoms with van der Waals surface area (Å²) in [6, 6.07) is 3.24. The molecule has 5 nitrogen and oxygen atoms in total. The highest BCUT2D eigenvalue weighted by atomic mass is 35.5. The van der Waals surface area contributed by atoms with Crippen molar-refractivity contribution in [2.75, 3.05) is 25.9 Å². The van der Waals surface area contributed by atoms with E-state index in [0.717, 1.165) is 31.5 Å². The number of methoxy groups -OCH3 is 1. The van der Waals surface area contributed by atoms with Gasteiger partial charge in [-0.3, -0.25) is 4.79 Å². The molecule has 1 heterocycles. The van der Waals surface area contributed by atoms with Gasteiger partial charge in [-0.05, 0) is 49.5 Å². The molecule has 0 saturated carbocycles. The van der Waals surface area contributed by atoms with Crippen LogP contribution in [0.15, 0.2) is 12.1 Å². The summed E-state index contributed by atoms with van der Waals surface area (Å²) in [6.07, 6.45) is 1.78. The minimum atomic E-state index is -0.516. The number of nitrogen functional groups attached to an aromatic ring is 1. The van der Waals surface area contributed by atoms with Gasteiger partial charge >= 0.3 is 0 Å². The molecule has 5 N–H and O–H groups in total. The van der Waals surface area contributed by atoms with Crippen LogP contribution in [0.1, 0.15) is 34.9 Å². The fourth-order valence-electron chi connectivity index (χ4n) is 2.78. The number of hydrogen-bond donors (Lipinski definition) is 3. The number of ether oxygens (including phenoxy) is 1. The van der Waals surface area contributed by atoms with Gasteiger partial charge in [-0.25, -0.2) is 0 Å². The minimum absolute atomic E-state index is 0.195. The van der Waals surface area contributed by atoms with Crippen LogP contribution in [0.25, 0.3) is 0 Å². The normalized spacial score (nSPS) is 17.9. The van der Waals surface area contributed by atoms with Crippen molar-refractivity contribution >= 4 is 23.2 Å². The summed E-state index contributed by atoms with van der Waals surface area (Å²) in [4.78, 5) is 11.6. The van der Waals surface area contributed by atoms with Crippen LogP contribution in [0, 0.1) is 5.92 Å². The monoisotopic (exact) mass is 297 g/mol. The van der Waals surface area contributed by atoms with Gasteiger partial charge in [0, 0.05) is 12.7 Å². The van der Waals surface area contributed by atoms with E-state index in [2.05, 4.69) is 5.32 Å². The number of carbonyl (C=O) groups excluding carboxylic acids is 1. The Hall–Kier alpha value is -1.30. The number of anilines is 1. The smallest absolute Gasteiger partial charge is 0.249 e. The van der Waals surface area contributed by atoms with Crippen molar-refractivity contribution in [2.24, 2.45) is 11.7 Å². The number of amides is 1. The first-order valence-corrected chi connectivity index (χ1v) is 7.04. The number of hydrogen-bond acceptors (Lipinski definition) is 4. The third-order valence-corrected chi connectivity index (χ3v) is 4.13. The van der Waals surface area contributed by atoms with Crippen molar-refractivity contribution in [3.8, 4) is 0 Å². The topological polar surface area (TPSA) is 90.4 Å². The second-order valence-corrected chi connectivity index (χ2v) is 5.48. The first-order chi connectivity index (χ1) is 9.54. The average Bonchev–Trinajstić information content (AvgIpc) is 2.44. The Morgan fingerprint density at radius 1 is 1.45 bits per heavy atom. The highest BCUT2D eigenvalue weighted by Crippen LogP contribution is 2.36. The lowest BCUT2D eigenvalue weighted by molar-refractivity contribution is 0.0376.